The van der Waals surface area contributed by atoms with Gasteiger partial charge in [-0.15, -0.1) is 5.10 Å². The summed E-state index contributed by atoms with van der Waals surface area (Å²) >= 11 is 0. The molecule has 2 aromatic carbocycles. The van der Waals surface area contributed by atoms with E-state index in [1.54, 1.807) is 4.68 Å². The van der Waals surface area contributed by atoms with E-state index >= 15 is 0 Å². The third kappa shape index (κ3) is 6.43. The van der Waals surface area contributed by atoms with Crippen molar-refractivity contribution in [2.75, 3.05) is 26.2 Å². The third-order valence-electron chi connectivity index (χ3n) is 9.19. The Labute approximate surface area is 259 Å². The van der Waals surface area contributed by atoms with Gasteiger partial charge in [0.1, 0.15) is 12.1 Å². The van der Waals surface area contributed by atoms with Crippen LogP contribution in [0.15, 0.2) is 66.9 Å². The van der Waals surface area contributed by atoms with E-state index < -0.39 is 29.2 Å². The van der Waals surface area contributed by atoms with Crippen molar-refractivity contribution in [3.8, 4) is 0 Å². The van der Waals surface area contributed by atoms with Crippen molar-refractivity contribution in [2.24, 2.45) is 5.41 Å². The summed E-state index contributed by atoms with van der Waals surface area (Å²) in [5.41, 5.74) is 1.82. The molecule has 10 heteroatoms. The van der Waals surface area contributed by atoms with E-state index in [1.165, 1.54) is 16.0 Å². The number of carbonyl (C=O) groups is 2. The van der Waals surface area contributed by atoms with Crippen molar-refractivity contribution in [1.82, 2.24) is 30.1 Å². The fraction of sp³-hybridized carbons (Fsp3) is 0.529. The molecule has 3 aliphatic rings. The number of likely N-dealkylation sites (tertiary alicyclic amines) is 2. The molecule has 3 N–H and O–H groups in total. The topological polar surface area (TPSA) is 124 Å². The molecule has 0 radical (unpaired) electrons. The zero-order chi connectivity index (χ0) is 31.1. The number of hydrogen-bond acceptors (Lipinski definition) is 7. The molecule has 2 saturated heterocycles. The zero-order valence-electron chi connectivity index (χ0n) is 25.8. The predicted octanol–water partition coefficient (Wildman–Crippen LogP) is 3.05. The summed E-state index contributed by atoms with van der Waals surface area (Å²) in [6.07, 6.45) is 3.80. The van der Waals surface area contributed by atoms with E-state index in [0.717, 1.165) is 18.5 Å². The van der Waals surface area contributed by atoms with Crippen molar-refractivity contribution in [3.05, 3.63) is 83.7 Å². The number of carbonyl (C=O) groups excluding carboxylic acids is 2. The first-order valence-corrected chi connectivity index (χ1v) is 15.8. The van der Waals surface area contributed by atoms with Crippen LogP contribution >= 0.6 is 0 Å². The van der Waals surface area contributed by atoms with Crippen molar-refractivity contribution in [2.45, 2.75) is 82.2 Å². The summed E-state index contributed by atoms with van der Waals surface area (Å²) in [7, 11) is 0. The van der Waals surface area contributed by atoms with Gasteiger partial charge in [0.15, 0.2) is 0 Å². The quantitative estimate of drug-likeness (QED) is 0.327. The molecule has 234 valence electrons. The van der Waals surface area contributed by atoms with Crippen LogP contribution in [0.1, 0.15) is 81.3 Å². The van der Waals surface area contributed by atoms with Crippen molar-refractivity contribution >= 4 is 11.8 Å². The number of rotatable bonds is 10. The first-order chi connectivity index (χ1) is 21.0. The Morgan fingerprint density at radius 3 is 2.20 bits per heavy atom. The van der Waals surface area contributed by atoms with Crippen LogP contribution in [0.4, 0.5) is 0 Å². The summed E-state index contributed by atoms with van der Waals surface area (Å²) < 4.78 is 1.63. The van der Waals surface area contributed by atoms with Gasteiger partial charge in [-0.3, -0.25) is 14.5 Å². The van der Waals surface area contributed by atoms with E-state index in [4.69, 9.17) is 0 Å². The molecule has 6 rings (SSSR count). The molecular formula is C34H44N6O4. The molecule has 3 aromatic rings. The zero-order valence-corrected chi connectivity index (χ0v) is 25.8. The lowest BCUT2D eigenvalue weighted by Gasteiger charge is -2.50. The number of β-amino-alcohol motifs (C(OH)–C–C–N with tert-alkyl or cyclic N) is 2. The third-order valence-corrected chi connectivity index (χ3v) is 9.19. The Morgan fingerprint density at radius 1 is 1.02 bits per heavy atom. The van der Waals surface area contributed by atoms with Gasteiger partial charge in [0.25, 0.3) is 0 Å². The minimum absolute atomic E-state index is 0.0351. The maximum absolute atomic E-state index is 14.0. The average molecular weight is 601 g/mol. The van der Waals surface area contributed by atoms with Gasteiger partial charge in [0.05, 0.1) is 23.4 Å². The highest BCUT2D eigenvalue weighted by atomic mass is 16.3. The molecular weight excluding hydrogens is 556 g/mol. The molecule has 1 aromatic heterocycles. The number of nitrogens with one attached hydrogen (secondary N) is 1. The molecule has 3 fully saturated rings. The Kier molecular flexibility index (Phi) is 8.34. The highest BCUT2D eigenvalue weighted by Crippen LogP contribution is 2.41. The number of hydrogen-bond donors (Lipinski definition) is 3. The largest absolute Gasteiger partial charge is 0.391 e. The van der Waals surface area contributed by atoms with E-state index in [9.17, 15) is 19.8 Å². The number of benzene rings is 2. The molecule has 2 amide bonds. The van der Waals surface area contributed by atoms with Crippen LogP contribution in [0.2, 0.25) is 0 Å². The van der Waals surface area contributed by atoms with Gasteiger partial charge in [-0.25, -0.2) is 4.68 Å². The minimum atomic E-state index is -0.927. The smallest absolute Gasteiger partial charge is 0.248 e. The average Bonchev–Trinajstić information content (AvgIpc) is 3.58. The van der Waals surface area contributed by atoms with Crippen LogP contribution in [-0.2, 0) is 9.59 Å². The molecule has 1 saturated carbocycles. The van der Waals surface area contributed by atoms with Gasteiger partial charge in [-0.05, 0) is 35.8 Å². The van der Waals surface area contributed by atoms with Gasteiger partial charge in [-0.1, -0.05) is 86.6 Å². The molecule has 0 bridgehead atoms. The molecule has 44 heavy (non-hydrogen) atoms. The number of aliphatic hydroxyl groups is 2. The van der Waals surface area contributed by atoms with Crippen LogP contribution < -0.4 is 5.32 Å². The maximum Gasteiger partial charge on any atom is 0.248 e. The number of aliphatic hydroxyl groups excluding tert-OH is 1. The Morgan fingerprint density at radius 2 is 1.64 bits per heavy atom. The maximum atomic E-state index is 14.0. The van der Waals surface area contributed by atoms with Gasteiger partial charge >= 0.3 is 0 Å². The number of amides is 2. The molecule has 0 spiro atoms. The fourth-order valence-electron chi connectivity index (χ4n) is 6.80. The minimum Gasteiger partial charge on any atom is -0.391 e. The van der Waals surface area contributed by atoms with Crippen LogP contribution in [0.25, 0.3) is 0 Å². The van der Waals surface area contributed by atoms with Crippen LogP contribution in [0.3, 0.4) is 0 Å². The van der Waals surface area contributed by atoms with E-state index in [-0.39, 0.29) is 37.4 Å². The first kappa shape index (κ1) is 30.4. The summed E-state index contributed by atoms with van der Waals surface area (Å²) in [5.74, 6) is -0.152. The van der Waals surface area contributed by atoms with Gasteiger partial charge in [0, 0.05) is 44.7 Å². The lowest BCUT2D eigenvalue weighted by molar-refractivity contribution is -0.144. The second kappa shape index (κ2) is 12.1. The molecule has 3 atom stereocenters. The lowest BCUT2D eigenvalue weighted by atomic mass is 9.85. The van der Waals surface area contributed by atoms with Gasteiger partial charge < -0.3 is 20.4 Å². The van der Waals surface area contributed by atoms with Gasteiger partial charge in [-0.2, -0.15) is 0 Å². The highest BCUT2D eigenvalue weighted by molar-refractivity contribution is 5.90. The highest BCUT2D eigenvalue weighted by Gasteiger charge is 2.47. The SMILES string of the molecule is CC(C)(C)[C@@H](C(=O)N1CC(O)CC1C(=O)NCCC1(O)CN(C(c2ccccc2)c2ccccc2)C1)n1cc(C2CC2)nn1. The summed E-state index contributed by atoms with van der Waals surface area (Å²) in [6.45, 7) is 7.24. The summed E-state index contributed by atoms with van der Waals surface area (Å²) in [5, 5.41) is 33.4. The number of nitrogens with zero attached hydrogens (tertiary/aromatic N) is 5. The van der Waals surface area contributed by atoms with Crippen molar-refractivity contribution in [3.63, 3.8) is 0 Å². The Hall–Kier alpha value is -3.60. The molecule has 2 aliphatic heterocycles. The standard InChI is InChI=1S/C34H44N6O4/c1-33(2,3)30(40-20-27(36-37-40)23-14-15-23)32(43)39-19-26(41)18-28(39)31(42)35-17-16-34(44)21-38(22-34)29(24-10-6-4-7-11-24)25-12-8-5-9-13-25/h4-13,20,23,26,28-30,41,44H,14-19,21-22H2,1-3H3,(H,35,42)/t26?,28?,30-/m1/s1. The van der Waals surface area contributed by atoms with E-state index in [1.807, 2.05) is 63.4 Å². The molecule has 3 heterocycles. The second-order valence-electron chi connectivity index (χ2n) is 14.0. The monoisotopic (exact) mass is 600 g/mol. The Balaban J connectivity index is 1.07. The normalized spacial score (nSPS) is 22.5. The van der Waals surface area contributed by atoms with Crippen molar-refractivity contribution in [1.29, 1.82) is 0 Å². The summed E-state index contributed by atoms with van der Waals surface area (Å²) in [6, 6.07) is 19.1. The molecule has 10 nitrogen and oxygen atoms in total. The summed E-state index contributed by atoms with van der Waals surface area (Å²) in [4.78, 5) is 31.1. The fourth-order valence-corrected chi connectivity index (χ4v) is 6.80. The van der Waals surface area contributed by atoms with Crippen LogP contribution in [0.5, 0.6) is 0 Å². The molecule has 2 unspecified atom stereocenters. The lowest BCUT2D eigenvalue weighted by Crippen LogP contribution is -2.63. The second-order valence-corrected chi connectivity index (χ2v) is 14.0. The van der Waals surface area contributed by atoms with Crippen LogP contribution in [-0.4, -0.2) is 90.7 Å². The Bertz CT molecular complexity index is 1410. The van der Waals surface area contributed by atoms with E-state index in [2.05, 4.69) is 44.8 Å². The predicted molar refractivity (Wildman–Crippen MR) is 165 cm³/mol. The van der Waals surface area contributed by atoms with Crippen LogP contribution in [0, 0.1) is 5.41 Å². The number of aromatic nitrogens is 3. The van der Waals surface area contributed by atoms with E-state index in [0.29, 0.717) is 25.4 Å². The molecule has 1 aliphatic carbocycles. The van der Waals surface area contributed by atoms with Gasteiger partial charge in [0.2, 0.25) is 11.8 Å². The first-order valence-electron chi connectivity index (χ1n) is 15.8. The van der Waals surface area contributed by atoms with Crippen molar-refractivity contribution < 1.29 is 19.8 Å².